The van der Waals surface area contributed by atoms with Crippen LogP contribution in [0.1, 0.15) is 36.5 Å². The number of halogens is 1. The number of hydrogen-bond acceptors (Lipinski definition) is 2. The van der Waals surface area contributed by atoms with Crippen molar-refractivity contribution in [1.29, 1.82) is 0 Å². The normalized spacial score (nSPS) is 13.1. The highest BCUT2D eigenvalue weighted by Crippen LogP contribution is 2.27. The maximum atomic E-state index is 13.4. The Labute approximate surface area is 147 Å². The van der Waals surface area contributed by atoms with Crippen molar-refractivity contribution in [3.63, 3.8) is 0 Å². The van der Waals surface area contributed by atoms with Crippen molar-refractivity contribution in [2.45, 2.75) is 26.3 Å². The van der Waals surface area contributed by atoms with Gasteiger partial charge in [-0.2, -0.15) is 0 Å². The molecule has 0 saturated heterocycles. The van der Waals surface area contributed by atoms with Gasteiger partial charge in [0.05, 0.1) is 5.57 Å². The van der Waals surface area contributed by atoms with Gasteiger partial charge in [-0.25, -0.2) is 4.39 Å². The van der Waals surface area contributed by atoms with Gasteiger partial charge in [-0.3, -0.25) is 4.79 Å². The molecule has 1 aliphatic heterocycles. The van der Waals surface area contributed by atoms with Crippen LogP contribution in [0, 0.1) is 5.82 Å². The first kappa shape index (κ1) is 17.2. The molecule has 0 saturated carbocycles. The number of nitrogens with zero attached hydrogens (tertiary/aromatic N) is 1. The van der Waals surface area contributed by atoms with Gasteiger partial charge in [0.2, 0.25) is 0 Å². The topological polar surface area (TPSA) is 29.5 Å². The Balaban J connectivity index is 1.72. The molecule has 0 bridgehead atoms. The van der Waals surface area contributed by atoms with Gasteiger partial charge in [0.15, 0.2) is 0 Å². The van der Waals surface area contributed by atoms with Crippen LogP contribution in [0.25, 0.3) is 6.08 Å². The summed E-state index contributed by atoms with van der Waals surface area (Å²) < 4.78 is 19.0. The fourth-order valence-electron chi connectivity index (χ4n) is 2.87. The van der Waals surface area contributed by atoms with Crippen LogP contribution in [0.2, 0.25) is 0 Å². The minimum absolute atomic E-state index is 0.108. The minimum atomic E-state index is -0.342. The lowest BCUT2D eigenvalue weighted by Crippen LogP contribution is -2.30. The molecule has 0 radical (unpaired) electrons. The van der Waals surface area contributed by atoms with Gasteiger partial charge in [-0.1, -0.05) is 38.1 Å². The number of carbonyl (C=O) groups is 1. The Bertz CT molecular complexity index is 809. The number of ether oxygens (including phenoxy) is 1. The molecule has 3 nitrogen and oxygen atoms in total. The Morgan fingerprint density at radius 3 is 2.60 bits per heavy atom. The minimum Gasteiger partial charge on any atom is -0.488 e. The average molecular weight is 339 g/mol. The van der Waals surface area contributed by atoms with E-state index >= 15 is 0 Å². The lowest BCUT2D eigenvalue weighted by atomic mass is 10.0. The zero-order valence-corrected chi connectivity index (χ0v) is 14.8. The molecule has 1 amide bonds. The van der Waals surface area contributed by atoms with E-state index in [9.17, 15) is 9.18 Å². The van der Waals surface area contributed by atoms with Crippen LogP contribution >= 0.6 is 0 Å². The van der Waals surface area contributed by atoms with Crippen LogP contribution in [-0.4, -0.2) is 24.5 Å². The van der Waals surface area contributed by atoms with Crippen molar-refractivity contribution in [3.05, 3.63) is 70.5 Å². The largest absolute Gasteiger partial charge is 0.488 e. The summed E-state index contributed by atoms with van der Waals surface area (Å²) in [5, 5.41) is 0. The van der Waals surface area contributed by atoms with Crippen LogP contribution in [0.3, 0.4) is 0 Å². The van der Waals surface area contributed by atoms with E-state index in [2.05, 4.69) is 38.1 Å². The summed E-state index contributed by atoms with van der Waals surface area (Å²) in [5.74, 6) is 0.636. The Hall–Kier alpha value is -2.62. The molecule has 2 aromatic rings. The van der Waals surface area contributed by atoms with Crippen molar-refractivity contribution in [1.82, 2.24) is 4.90 Å². The molecule has 1 heterocycles. The fourth-order valence-corrected chi connectivity index (χ4v) is 2.87. The van der Waals surface area contributed by atoms with Crippen LogP contribution in [-0.2, 0) is 11.3 Å². The lowest BCUT2D eigenvalue weighted by Gasteiger charge is -2.22. The Morgan fingerprint density at radius 2 is 1.92 bits per heavy atom. The number of fused-ring (bicyclic) bond motifs is 1. The molecular weight excluding hydrogens is 317 g/mol. The molecule has 0 atom stereocenters. The van der Waals surface area contributed by atoms with Gasteiger partial charge in [0.1, 0.15) is 18.2 Å². The van der Waals surface area contributed by atoms with Crippen LogP contribution in [0.15, 0.2) is 48.0 Å². The maximum Gasteiger partial charge on any atom is 0.253 e. The Kier molecular flexibility index (Phi) is 4.88. The number of hydrogen-bond donors (Lipinski definition) is 0. The van der Waals surface area contributed by atoms with E-state index < -0.39 is 0 Å². The first-order chi connectivity index (χ1) is 11.9. The van der Waals surface area contributed by atoms with Gasteiger partial charge in [-0.05, 0) is 41.3 Å². The summed E-state index contributed by atoms with van der Waals surface area (Å²) in [6.07, 6.45) is 1.71. The second-order valence-corrected chi connectivity index (χ2v) is 6.70. The summed E-state index contributed by atoms with van der Waals surface area (Å²) in [6, 6.07) is 12.6. The third-order valence-corrected chi connectivity index (χ3v) is 4.37. The summed E-state index contributed by atoms with van der Waals surface area (Å²) in [7, 11) is 1.76. The zero-order valence-electron chi connectivity index (χ0n) is 14.8. The molecule has 0 aliphatic carbocycles. The van der Waals surface area contributed by atoms with Gasteiger partial charge in [-0.15, -0.1) is 0 Å². The predicted molar refractivity (Wildman–Crippen MR) is 96.9 cm³/mol. The number of rotatable bonds is 4. The number of amides is 1. The Morgan fingerprint density at radius 1 is 1.20 bits per heavy atom. The zero-order chi connectivity index (χ0) is 18.0. The summed E-state index contributed by atoms with van der Waals surface area (Å²) in [6.45, 7) is 5.03. The number of carbonyl (C=O) groups excluding carboxylic acids is 1. The van der Waals surface area contributed by atoms with Gasteiger partial charge < -0.3 is 9.64 Å². The summed E-state index contributed by atoms with van der Waals surface area (Å²) in [5.41, 5.74) is 3.48. The molecule has 0 spiro atoms. The van der Waals surface area contributed by atoms with E-state index in [1.54, 1.807) is 24.1 Å². The van der Waals surface area contributed by atoms with E-state index in [-0.39, 0.29) is 18.3 Å². The van der Waals surface area contributed by atoms with E-state index in [0.717, 1.165) is 5.56 Å². The number of likely N-dealkylation sites (N-methyl/N-ethyl adjacent to an activating group) is 1. The third kappa shape index (κ3) is 3.90. The molecule has 1 aliphatic rings. The van der Waals surface area contributed by atoms with Crippen LogP contribution in [0.5, 0.6) is 5.75 Å². The predicted octanol–water partition coefficient (Wildman–Crippen LogP) is 4.38. The van der Waals surface area contributed by atoms with Crippen LogP contribution in [0.4, 0.5) is 4.39 Å². The van der Waals surface area contributed by atoms with E-state index in [0.29, 0.717) is 29.3 Å². The van der Waals surface area contributed by atoms with Crippen molar-refractivity contribution >= 4 is 12.0 Å². The standard InChI is InChI=1S/C21H22FNO2/c1-14(2)16-6-4-15(5-7-16)12-23(3)21(24)18-10-17-11-19(22)8-9-20(17)25-13-18/h4-11,14H,12-13H2,1-3H3. The quantitative estimate of drug-likeness (QED) is 0.827. The van der Waals surface area contributed by atoms with Gasteiger partial charge >= 0.3 is 0 Å². The van der Waals surface area contributed by atoms with Crippen molar-refractivity contribution in [2.24, 2.45) is 0 Å². The van der Waals surface area contributed by atoms with E-state index in [4.69, 9.17) is 4.74 Å². The molecule has 25 heavy (non-hydrogen) atoms. The SMILES string of the molecule is CC(C)c1ccc(CN(C)C(=O)C2=Cc3cc(F)ccc3OC2)cc1. The first-order valence-corrected chi connectivity index (χ1v) is 8.41. The molecular formula is C21H22FNO2. The second-order valence-electron chi connectivity index (χ2n) is 6.70. The third-order valence-electron chi connectivity index (χ3n) is 4.37. The van der Waals surface area contributed by atoms with E-state index in [1.807, 2.05) is 0 Å². The second kappa shape index (κ2) is 7.09. The van der Waals surface area contributed by atoms with Crippen molar-refractivity contribution < 1.29 is 13.9 Å². The molecule has 3 rings (SSSR count). The molecule has 4 heteroatoms. The molecule has 0 fully saturated rings. The smallest absolute Gasteiger partial charge is 0.253 e. The number of benzene rings is 2. The first-order valence-electron chi connectivity index (χ1n) is 8.41. The fraction of sp³-hybridized carbons (Fsp3) is 0.286. The monoisotopic (exact) mass is 339 g/mol. The lowest BCUT2D eigenvalue weighted by molar-refractivity contribution is -0.126. The molecule has 2 aromatic carbocycles. The highest BCUT2D eigenvalue weighted by atomic mass is 19.1. The molecule has 0 unspecified atom stereocenters. The molecule has 130 valence electrons. The average Bonchev–Trinajstić information content (AvgIpc) is 2.60. The van der Waals surface area contributed by atoms with Crippen LogP contribution < -0.4 is 4.74 Å². The highest BCUT2D eigenvalue weighted by molar-refractivity contribution is 5.99. The summed E-state index contributed by atoms with van der Waals surface area (Å²) >= 11 is 0. The maximum absolute atomic E-state index is 13.4. The van der Waals surface area contributed by atoms with Crippen molar-refractivity contribution in [3.8, 4) is 5.75 Å². The van der Waals surface area contributed by atoms with Gasteiger partial charge in [0, 0.05) is 19.2 Å². The molecule has 0 aromatic heterocycles. The van der Waals surface area contributed by atoms with Crippen molar-refractivity contribution in [2.75, 3.05) is 13.7 Å². The van der Waals surface area contributed by atoms with Gasteiger partial charge in [0.25, 0.3) is 5.91 Å². The van der Waals surface area contributed by atoms with E-state index in [1.165, 1.54) is 17.7 Å². The summed E-state index contributed by atoms with van der Waals surface area (Å²) in [4.78, 5) is 14.3. The molecule has 0 N–H and O–H groups in total. The highest BCUT2D eigenvalue weighted by Gasteiger charge is 2.20.